The number of piperidine rings is 1. The van der Waals surface area contributed by atoms with Crippen molar-refractivity contribution in [2.45, 2.75) is 52.2 Å². The minimum atomic E-state index is -0.477. The minimum Gasteiger partial charge on any atom is -0.444 e. The highest BCUT2D eigenvalue weighted by Gasteiger charge is 2.31. The molecule has 5 heteroatoms. The summed E-state index contributed by atoms with van der Waals surface area (Å²) in [6, 6.07) is 0.174. The Morgan fingerprint density at radius 2 is 2.12 bits per heavy atom. The van der Waals surface area contributed by atoms with Gasteiger partial charge in [-0.05, 0) is 40.5 Å². The topological polar surface area (TPSA) is 62.1 Å². The average molecular weight is 242 g/mol. The molecular formula is C12H22N2O3. The molecule has 1 heterocycles. The van der Waals surface area contributed by atoms with Crippen LogP contribution < -0.4 is 0 Å². The lowest BCUT2D eigenvalue weighted by molar-refractivity contribution is 0.00919. The Balaban J connectivity index is 2.63. The van der Waals surface area contributed by atoms with Gasteiger partial charge in [0.2, 0.25) is 0 Å². The summed E-state index contributed by atoms with van der Waals surface area (Å²) in [4.78, 5) is 13.7. The minimum absolute atomic E-state index is 0.115. The molecule has 0 aliphatic carbocycles. The van der Waals surface area contributed by atoms with E-state index in [9.17, 15) is 4.79 Å². The molecule has 1 saturated heterocycles. The van der Waals surface area contributed by atoms with Crippen molar-refractivity contribution in [1.29, 1.82) is 0 Å². The van der Waals surface area contributed by atoms with Crippen molar-refractivity contribution >= 4 is 12.3 Å². The van der Waals surface area contributed by atoms with Gasteiger partial charge in [-0.1, -0.05) is 0 Å². The van der Waals surface area contributed by atoms with E-state index in [1.165, 1.54) is 6.21 Å². The average Bonchev–Trinajstić information content (AvgIpc) is 2.18. The molecule has 1 rings (SSSR count). The van der Waals surface area contributed by atoms with Gasteiger partial charge in [-0.2, -0.15) is 0 Å². The third kappa shape index (κ3) is 4.24. The molecule has 17 heavy (non-hydrogen) atoms. The van der Waals surface area contributed by atoms with Crippen LogP contribution in [0.1, 0.15) is 40.5 Å². The molecule has 1 aliphatic rings. The third-order valence-corrected chi connectivity index (χ3v) is 2.82. The van der Waals surface area contributed by atoms with Gasteiger partial charge in [0.25, 0.3) is 0 Å². The SMILES string of the molecule is CC1CCC(/C=N/O)CN1C(=O)OC(C)(C)C. The van der Waals surface area contributed by atoms with Crippen molar-refractivity contribution in [2.75, 3.05) is 6.54 Å². The number of likely N-dealkylation sites (tertiary alicyclic amines) is 1. The number of rotatable bonds is 1. The van der Waals surface area contributed by atoms with E-state index in [1.54, 1.807) is 4.90 Å². The molecule has 1 fully saturated rings. The lowest BCUT2D eigenvalue weighted by atomic mass is 9.95. The van der Waals surface area contributed by atoms with Crippen molar-refractivity contribution in [3.8, 4) is 0 Å². The summed E-state index contributed by atoms with van der Waals surface area (Å²) in [5.41, 5.74) is -0.477. The van der Waals surface area contributed by atoms with Crippen LogP contribution in [0.25, 0.3) is 0 Å². The quantitative estimate of drug-likeness (QED) is 0.436. The molecular weight excluding hydrogens is 220 g/mol. The second-order valence-corrected chi connectivity index (χ2v) is 5.58. The van der Waals surface area contributed by atoms with Crippen molar-refractivity contribution in [1.82, 2.24) is 4.90 Å². The summed E-state index contributed by atoms with van der Waals surface area (Å²) in [5, 5.41) is 11.6. The number of nitrogens with zero attached hydrogens (tertiary/aromatic N) is 2. The van der Waals surface area contributed by atoms with Gasteiger partial charge in [0.15, 0.2) is 0 Å². The van der Waals surface area contributed by atoms with E-state index in [2.05, 4.69) is 5.16 Å². The molecule has 5 nitrogen and oxygen atoms in total. The molecule has 0 spiro atoms. The van der Waals surface area contributed by atoms with Gasteiger partial charge >= 0.3 is 6.09 Å². The van der Waals surface area contributed by atoms with Gasteiger partial charge < -0.3 is 14.8 Å². The molecule has 98 valence electrons. The lowest BCUT2D eigenvalue weighted by Gasteiger charge is -2.37. The number of hydrogen-bond donors (Lipinski definition) is 1. The van der Waals surface area contributed by atoms with Crippen molar-refractivity contribution in [3.05, 3.63) is 0 Å². The molecule has 0 aromatic rings. The van der Waals surface area contributed by atoms with E-state index in [4.69, 9.17) is 9.94 Å². The Morgan fingerprint density at radius 3 is 2.65 bits per heavy atom. The fourth-order valence-electron chi connectivity index (χ4n) is 1.93. The van der Waals surface area contributed by atoms with Gasteiger partial charge in [0, 0.05) is 24.7 Å². The number of hydrogen-bond acceptors (Lipinski definition) is 4. The van der Waals surface area contributed by atoms with E-state index in [1.807, 2.05) is 27.7 Å². The van der Waals surface area contributed by atoms with Gasteiger partial charge in [0.1, 0.15) is 5.60 Å². The third-order valence-electron chi connectivity index (χ3n) is 2.82. The van der Waals surface area contributed by atoms with Crippen LogP contribution in [-0.4, -0.2) is 40.6 Å². The first-order valence-electron chi connectivity index (χ1n) is 6.00. The fraction of sp³-hybridized carbons (Fsp3) is 0.833. The van der Waals surface area contributed by atoms with Crippen LogP contribution >= 0.6 is 0 Å². The van der Waals surface area contributed by atoms with E-state index in [0.717, 1.165) is 12.8 Å². The molecule has 1 aliphatic heterocycles. The van der Waals surface area contributed by atoms with Crippen LogP contribution in [0.3, 0.4) is 0 Å². The highest BCUT2D eigenvalue weighted by Crippen LogP contribution is 2.23. The van der Waals surface area contributed by atoms with Crippen molar-refractivity contribution in [2.24, 2.45) is 11.1 Å². The first-order chi connectivity index (χ1) is 7.83. The molecule has 1 amide bonds. The molecule has 0 radical (unpaired) electrons. The molecule has 0 aromatic carbocycles. The zero-order chi connectivity index (χ0) is 13.1. The van der Waals surface area contributed by atoms with Gasteiger partial charge in [0.05, 0.1) is 0 Å². The Hall–Kier alpha value is -1.26. The van der Waals surface area contributed by atoms with E-state index in [0.29, 0.717) is 6.54 Å². The molecule has 0 bridgehead atoms. The molecule has 1 N–H and O–H groups in total. The number of carbonyl (C=O) groups is 1. The fourth-order valence-corrected chi connectivity index (χ4v) is 1.93. The first kappa shape index (κ1) is 13.8. The van der Waals surface area contributed by atoms with Crippen LogP contribution in [0.5, 0.6) is 0 Å². The first-order valence-corrected chi connectivity index (χ1v) is 6.00. The predicted octanol–water partition coefficient (Wildman–Crippen LogP) is 2.48. The standard InChI is InChI=1S/C12H22N2O3/c1-9-5-6-10(7-13-16)8-14(9)11(15)17-12(2,3)4/h7,9-10,16H,5-6,8H2,1-4H3/b13-7+. The van der Waals surface area contributed by atoms with Crippen LogP contribution in [0.2, 0.25) is 0 Å². The Morgan fingerprint density at radius 1 is 1.47 bits per heavy atom. The summed E-state index contributed by atoms with van der Waals surface area (Å²) in [5.74, 6) is 0.115. The monoisotopic (exact) mass is 242 g/mol. The Labute approximate surface area is 102 Å². The van der Waals surface area contributed by atoms with E-state index < -0.39 is 5.60 Å². The second kappa shape index (κ2) is 5.38. The lowest BCUT2D eigenvalue weighted by Crippen LogP contribution is -2.47. The maximum Gasteiger partial charge on any atom is 0.410 e. The summed E-state index contributed by atoms with van der Waals surface area (Å²) in [7, 11) is 0. The number of ether oxygens (including phenoxy) is 1. The summed E-state index contributed by atoms with van der Waals surface area (Å²) in [6.07, 6.45) is 3.03. The zero-order valence-corrected chi connectivity index (χ0v) is 11.0. The normalized spacial score (nSPS) is 26.2. The largest absolute Gasteiger partial charge is 0.444 e. The summed E-state index contributed by atoms with van der Waals surface area (Å²) in [6.45, 7) is 8.13. The van der Waals surface area contributed by atoms with Crippen LogP contribution in [-0.2, 0) is 4.74 Å². The maximum absolute atomic E-state index is 12.0. The Bertz CT molecular complexity index is 297. The maximum atomic E-state index is 12.0. The van der Waals surface area contributed by atoms with Gasteiger partial charge in [-0.15, -0.1) is 5.16 Å². The van der Waals surface area contributed by atoms with Gasteiger partial charge in [-0.25, -0.2) is 4.79 Å². The van der Waals surface area contributed by atoms with E-state index in [-0.39, 0.29) is 18.1 Å². The van der Waals surface area contributed by atoms with Crippen molar-refractivity contribution in [3.63, 3.8) is 0 Å². The molecule has 0 aromatic heterocycles. The number of amides is 1. The molecule has 0 saturated carbocycles. The highest BCUT2D eigenvalue weighted by atomic mass is 16.6. The Kier molecular flexibility index (Phi) is 4.37. The van der Waals surface area contributed by atoms with Gasteiger partial charge in [-0.3, -0.25) is 0 Å². The second-order valence-electron chi connectivity index (χ2n) is 5.58. The number of oxime groups is 1. The molecule has 2 unspecified atom stereocenters. The molecule has 2 atom stereocenters. The van der Waals surface area contributed by atoms with Crippen LogP contribution in [0.4, 0.5) is 4.79 Å². The van der Waals surface area contributed by atoms with Crippen LogP contribution in [0.15, 0.2) is 5.16 Å². The highest BCUT2D eigenvalue weighted by molar-refractivity contribution is 5.70. The summed E-state index contributed by atoms with van der Waals surface area (Å²) < 4.78 is 5.35. The van der Waals surface area contributed by atoms with Crippen molar-refractivity contribution < 1.29 is 14.7 Å². The number of carbonyl (C=O) groups excluding carboxylic acids is 1. The van der Waals surface area contributed by atoms with E-state index >= 15 is 0 Å². The smallest absolute Gasteiger partial charge is 0.410 e. The summed E-state index contributed by atoms with van der Waals surface area (Å²) >= 11 is 0. The van der Waals surface area contributed by atoms with Crippen LogP contribution in [0, 0.1) is 5.92 Å². The zero-order valence-electron chi connectivity index (χ0n) is 11.0. The predicted molar refractivity (Wildman–Crippen MR) is 65.4 cm³/mol.